The average Bonchev–Trinajstić information content (AvgIpc) is 2.41. The highest BCUT2D eigenvalue weighted by Crippen LogP contribution is 2.59. The zero-order valence-corrected chi connectivity index (χ0v) is 12.5. The van der Waals surface area contributed by atoms with Crippen molar-refractivity contribution in [3.63, 3.8) is 0 Å². The molecule has 0 atom stereocenters. The molecule has 4 nitrogen and oxygen atoms in total. The number of hydrogen-bond acceptors (Lipinski definition) is 4. The minimum atomic E-state index is -6.87. The van der Waals surface area contributed by atoms with Gasteiger partial charge in [-0.05, 0) is 0 Å². The molecule has 2 aliphatic rings. The number of halogens is 16. The Labute approximate surface area is 146 Å². The summed E-state index contributed by atoms with van der Waals surface area (Å²) in [6.07, 6.45) is -26.8. The molecule has 2 fully saturated rings. The highest BCUT2D eigenvalue weighted by Gasteiger charge is 2.87. The molecule has 2 saturated heterocycles. The van der Waals surface area contributed by atoms with Crippen LogP contribution >= 0.6 is 0 Å². The van der Waals surface area contributed by atoms with E-state index in [9.17, 15) is 70.2 Å². The number of ether oxygens (including phenoxy) is 2. The molecule has 2 rings (SSSR count). The molecular weight excluding hydrogens is 472 g/mol. The van der Waals surface area contributed by atoms with Crippen LogP contribution in [0.25, 0.3) is 0 Å². The molecule has 0 aromatic carbocycles. The summed E-state index contributed by atoms with van der Waals surface area (Å²) in [6.45, 7) is -4.07. The van der Waals surface area contributed by atoms with Gasteiger partial charge in [-0.25, -0.2) is 9.47 Å². The lowest BCUT2D eigenvalue weighted by atomic mass is 10.2. The maximum atomic E-state index is 13.4. The fourth-order valence-corrected chi connectivity index (χ4v) is 2.05. The van der Waals surface area contributed by atoms with Crippen LogP contribution in [-0.4, -0.2) is 65.1 Å². The van der Waals surface area contributed by atoms with Gasteiger partial charge in [0.2, 0.25) is 0 Å². The molecule has 0 bridgehead atoms. The third-order valence-electron chi connectivity index (χ3n) is 3.55. The molecule has 0 N–H and O–H groups in total. The highest BCUT2D eigenvalue weighted by molar-refractivity contribution is 4.99. The number of alkyl halides is 16. The van der Waals surface area contributed by atoms with Gasteiger partial charge in [0.25, 0.3) is 0 Å². The summed E-state index contributed by atoms with van der Waals surface area (Å²) in [7, 11) is 0. The molecule has 0 unspecified atom stereocenters. The van der Waals surface area contributed by atoms with Crippen LogP contribution in [0.5, 0.6) is 0 Å². The second kappa shape index (κ2) is 5.69. The summed E-state index contributed by atoms with van der Waals surface area (Å²) in [5.41, 5.74) is 0. The van der Waals surface area contributed by atoms with Gasteiger partial charge < -0.3 is 0 Å². The van der Waals surface area contributed by atoms with Crippen molar-refractivity contribution < 1.29 is 79.7 Å². The van der Waals surface area contributed by atoms with Crippen molar-refractivity contribution in [3.8, 4) is 0 Å². The molecular formula is C9H2F16N2O2. The van der Waals surface area contributed by atoms with Gasteiger partial charge in [0.1, 0.15) is 0 Å². The summed E-state index contributed by atoms with van der Waals surface area (Å²) in [4.78, 5) is -6.22. The predicted molar refractivity (Wildman–Crippen MR) is 50.3 cm³/mol. The van der Waals surface area contributed by atoms with Crippen LogP contribution in [0.15, 0.2) is 0 Å². The van der Waals surface area contributed by atoms with Crippen molar-refractivity contribution in [1.29, 1.82) is 0 Å². The summed E-state index contributed by atoms with van der Waals surface area (Å²) in [5.74, 6) is 0. The van der Waals surface area contributed by atoms with Gasteiger partial charge in [0, 0.05) is 0 Å². The molecule has 2 aliphatic heterocycles. The van der Waals surface area contributed by atoms with E-state index in [1.807, 2.05) is 9.47 Å². The van der Waals surface area contributed by atoms with Crippen molar-refractivity contribution in [2.75, 3.05) is 6.67 Å². The quantitative estimate of drug-likeness (QED) is 0.439. The molecule has 0 spiro atoms. The number of morpholine rings is 2. The van der Waals surface area contributed by atoms with Crippen molar-refractivity contribution >= 4 is 0 Å². The Morgan fingerprint density at radius 1 is 0.379 bits per heavy atom. The minimum Gasteiger partial charge on any atom is -0.243 e. The second-order valence-corrected chi connectivity index (χ2v) is 5.43. The maximum Gasteiger partial charge on any atom is 0.439 e. The fraction of sp³-hybridized carbons (Fsp3) is 1.00. The van der Waals surface area contributed by atoms with Gasteiger partial charge in [-0.1, -0.05) is 0 Å². The molecule has 20 heteroatoms. The zero-order chi connectivity index (χ0) is 23.3. The number of rotatable bonds is 2. The van der Waals surface area contributed by atoms with Gasteiger partial charge in [0.15, 0.2) is 0 Å². The lowest BCUT2D eigenvalue weighted by Crippen LogP contribution is -2.80. The van der Waals surface area contributed by atoms with E-state index in [4.69, 9.17) is 0 Å². The van der Waals surface area contributed by atoms with Gasteiger partial charge in [-0.2, -0.15) is 80.0 Å². The largest absolute Gasteiger partial charge is 0.439 e. The molecule has 0 amide bonds. The van der Waals surface area contributed by atoms with E-state index in [1.54, 1.807) is 0 Å². The van der Waals surface area contributed by atoms with Crippen LogP contribution in [0.3, 0.4) is 0 Å². The van der Waals surface area contributed by atoms with Gasteiger partial charge in [-0.3, -0.25) is 0 Å². The first kappa shape index (κ1) is 24.0. The first-order chi connectivity index (χ1) is 12.4. The van der Waals surface area contributed by atoms with E-state index in [-0.39, 0.29) is 0 Å². The topological polar surface area (TPSA) is 24.9 Å². The third kappa shape index (κ3) is 2.92. The predicted octanol–water partition coefficient (Wildman–Crippen LogP) is 4.35. The highest BCUT2D eigenvalue weighted by atomic mass is 19.4. The Bertz CT molecular complexity index is 569. The third-order valence-corrected chi connectivity index (χ3v) is 3.55. The monoisotopic (exact) mass is 474 g/mol. The Balaban J connectivity index is 2.66. The molecule has 0 aliphatic carbocycles. The standard InChI is InChI=1S/C9H2F16N2O2/c10-2(11)6(18,19)28-7(20,21)3(12,13)26(2)1-27-4(14,15)8(22,23)29-9(24,25)5(27,16)17/h1H2. The van der Waals surface area contributed by atoms with Gasteiger partial charge >= 0.3 is 48.6 Å². The Kier molecular flexibility index (Phi) is 4.71. The Hall–Kier alpha value is -1.28. The minimum absolute atomic E-state index is 1.87. The number of nitrogens with zero attached hydrogens (tertiary/aromatic N) is 2. The molecule has 0 saturated carbocycles. The number of hydrogen-bond donors (Lipinski definition) is 0. The Morgan fingerprint density at radius 3 is 0.724 bits per heavy atom. The first-order valence-corrected chi connectivity index (χ1v) is 6.37. The van der Waals surface area contributed by atoms with Gasteiger partial charge in [0.05, 0.1) is 6.67 Å². The van der Waals surface area contributed by atoms with Crippen molar-refractivity contribution in [3.05, 3.63) is 0 Å². The SMILES string of the molecule is FC1(F)OC(F)(F)C(F)(F)N(CN2C(F)(F)C(F)(F)OC(F)(F)C2(F)F)C1(F)F. The van der Waals surface area contributed by atoms with Crippen LogP contribution in [-0.2, 0) is 9.47 Å². The van der Waals surface area contributed by atoms with E-state index in [2.05, 4.69) is 0 Å². The summed E-state index contributed by atoms with van der Waals surface area (Å²) in [5, 5.41) is 0. The molecule has 0 aromatic rings. The smallest absolute Gasteiger partial charge is 0.243 e. The van der Waals surface area contributed by atoms with Gasteiger partial charge in [-0.15, -0.1) is 0 Å². The van der Waals surface area contributed by atoms with Crippen molar-refractivity contribution in [2.45, 2.75) is 48.6 Å². The second-order valence-electron chi connectivity index (χ2n) is 5.43. The average molecular weight is 474 g/mol. The van der Waals surface area contributed by atoms with Crippen molar-refractivity contribution in [1.82, 2.24) is 9.80 Å². The summed E-state index contributed by atoms with van der Waals surface area (Å²) in [6, 6.07) is -27.5. The zero-order valence-electron chi connectivity index (χ0n) is 12.5. The molecule has 29 heavy (non-hydrogen) atoms. The van der Waals surface area contributed by atoms with Crippen LogP contribution < -0.4 is 0 Å². The lowest BCUT2D eigenvalue weighted by molar-refractivity contribution is -0.589. The molecule has 2 heterocycles. The summed E-state index contributed by atoms with van der Waals surface area (Å²) >= 11 is 0. The molecule has 0 radical (unpaired) electrons. The first-order valence-electron chi connectivity index (χ1n) is 6.37. The van der Waals surface area contributed by atoms with Crippen LogP contribution in [0.4, 0.5) is 70.2 Å². The van der Waals surface area contributed by atoms with Crippen LogP contribution in [0.1, 0.15) is 0 Å². The maximum absolute atomic E-state index is 13.4. The van der Waals surface area contributed by atoms with Crippen LogP contribution in [0, 0.1) is 0 Å². The van der Waals surface area contributed by atoms with E-state index in [0.29, 0.717) is 0 Å². The summed E-state index contributed by atoms with van der Waals surface area (Å²) < 4.78 is 215. The van der Waals surface area contributed by atoms with E-state index in [0.717, 1.165) is 0 Å². The van der Waals surface area contributed by atoms with E-state index in [1.165, 1.54) is 0 Å². The Morgan fingerprint density at radius 2 is 0.552 bits per heavy atom. The van der Waals surface area contributed by atoms with E-state index < -0.39 is 65.1 Å². The van der Waals surface area contributed by atoms with Crippen LogP contribution in [0.2, 0.25) is 0 Å². The van der Waals surface area contributed by atoms with E-state index >= 15 is 0 Å². The molecule has 0 aromatic heterocycles. The molecule has 172 valence electrons. The van der Waals surface area contributed by atoms with Crippen molar-refractivity contribution in [2.24, 2.45) is 0 Å². The lowest BCUT2D eigenvalue weighted by Gasteiger charge is -2.52. The fourth-order valence-electron chi connectivity index (χ4n) is 2.05. The normalized spacial score (nSPS) is 33.9.